The average Bonchev–Trinajstić information content (AvgIpc) is 3.21. The van der Waals surface area contributed by atoms with E-state index in [2.05, 4.69) is 5.16 Å². The Kier molecular flexibility index (Phi) is 5.13. The Balaban J connectivity index is 1.50. The van der Waals surface area contributed by atoms with Crippen molar-refractivity contribution in [2.75, 3.05) is 13.2 Å². The summed E-state index contributed by atoms with van der Waals surface area (Å²) in [6.45, 7) is 3.02. The lowest BCUT2D eigenvalue weighted by Gasteiger charge is -2.24. The number of rotatable bonds is 6. The lowest BCUT2D eigenvalue weighted by molar-refractivity contribution is -0.132. The van der Waals surface area contributed by atoms with Crippen LogP contribution >= 0.6 is 0 Å². The van der Waals surface area contributed by atoms with E-state index in [-0.39, 0.29) is 17.8 Å². The Morgan fingerprint density at radius 1 is 1.42 bits per heavy atom. The van der Waals surface area contributed by atoms with Gasteiger partial charge in [0.2, 0.25) is 5.91 Å². The summed E-state index contributed by atoms with van der Waals surface area (Å²) in [5.41, 5.74) is 0.805. The van der Waals surface area contributed by atoms with Gasteiger partial charge in [-0.25, -0.2) is 4.39 Å². The van der Waals surface area contributed by atoms with Crippen molar-refractivity contribution >= 4 is 5.91 Å². The van der Waals surface area contributed by atoms with Gasteiger partial charge in [-0.1, -0.05) is 5.16 Å². The molecule has 0 unspecified atom stereocenters. The molecule has 2 aromatic rings. The first-order valence-corrected chi connectivity index (χ1v) is 8.22. The minimum absolute atomic E-state index is 0.0709. The van der Waals surface area contributed by atoms with Crippen LogP contribution < -0.4 is 4.74 Å². The Bertz CT molecular complexity index is 684. The summed E-state index contributed by atoms with van der Waals surface area (Å²) in [6, 6.07) is 7.86. The van der Waals surface area contributed by atoms with Crippen molar-refractivity contribution < 1.29 is 18.4 Å². The van der Waals surface area contributed by atoms with Crippen LogP contribution in [0.15, 0.2) is 34.9 Å². The zero-order valence-electron chi connectivity index (χ0n) is 13.7. The third-order valence-electron chi connectivity index (χ3n) is 4.23. The van der Waals surface area contributed by atoms with Crippen LogP contribution in [0.2, 0.25) is 0 Å². The molecule has 1 aliphatic rings. The number of carbonyl (C=O) groups is 1. The third kappa shape index (κ3) is 4.13. The highest BCUT2D eigenvalue weighted by molar-refractivity contribution is 5.77. The summed E-state index contributed by atoms with van der Waals surface area (Å²) < 4.78 is 23.6. The number of aryl methyl sites for hydroxylation is 2. The van der Waals surface area contributed by atoms with Gasteiger partial charge in [0, 0.05) is 25.5 Å². The summed E-state index contributed by atoms with van der Waals surface area (Å²) in [5.74, 6) is 1.20. The highest BCUT2D eigenvalue weighted by Gasteiger charge is 2.29. The molecule has 6 heteroatoms. The lowest BCUT2D eigenvalue weighted by atomic mass is 10.2. The van der Waals surface area contributed by atoms with Crippen LogP contribution in [-0.4, -0.2) is 35.2 Å². The maximum atomic E-state index is 12.9. The first kappa shape index (κ1) is 16.5. The summed E-state index contributed by atoms with van der Waals surface area (Å²) in [4.78, 5) is 14.3. The van der Waals surface area contributed by atoms with E-state index in [1.54, 1.807) is 12.1 Å². The number of hydrogen-bond acceptors (Lipinski definition) is 4. The second-order valence-electron chi connectivity index (χ2n) is 6.08. The zero-order chi connectivity index (χ0) is 16.9. The predicted molar refractivity (Wildman–Crippen MR) is 86.2 cm³/mol. The summed E-state index contributed by atoms with van der Waals surface area (Å²) in [6.07, 6.45) is 2.90. The van der Waals surface area contributed by atoms with Crippen LogP contribution in [-0.2, 0) is 11.2 Å². The molecule has 0 radical (unpaired) electrons. The largest absolute Gasteiger partial charge is 0.491 e. The lowest BCUT2D eigenvalue weighted by Crippen LogP contribution is -2.39. The SMILES string of the molecule is Cc1cc(CCC(=O)N2CCC[C@H]2COc2ccc(F)cc2)no1. The van der Waals surface area contributed by atoms with E-state index in [0.29, 0.717) is 25.2 Å². The van der Waals surface area contributed by atoms with Crippen LogP contribution in [0.1, 0.15) is 30.7 Å². The molecule has 128 valence electrons. The molecule has 1 saturated heterocycles. The second-order valence-corrected chi connectivity index (χ2v) is 6.08. The quantitative estimate of drug-likeness (QED) is 0.815. The number of amides is 1. The minimum atomic E-state index is -0.289. The van der Waals surface area contributed by atoms with Crippen molar-refractivity contribution in [3.05, 3.63) is 47.6 Å². The fourth-order valence-electron chi connectivity index (χ4n) is 2.97. The van der Waals surface area contributed by atoms with Crippen LogP contribution in [0.25, 0.3) is 0 Å². The molecule has 0 bridgehead atoms. The van der Waals surface area contributed by atoms with E-state index in [4.69, 9.17) is 9.26 Å². The Morgan fingerprint density at radius 3 is 2.92 bits per heavy atom. The minimum Gasteiger partial charge on any atom is -0.491 e. The molecule has 1 aliphatic heterocycles. The molecule has 1 aromatic carbocycles. The smallest absolute Gasteiger partial charge is 0.223 e. The molecule has 0 saturated carbocycles. The fourth-order valence-corrected chi connectivity index (χ4v) is 2.97. The van der Waals surface area contributed by atoms with Crippen molar-refractivity contribution in [3.8, 4) is 5.75 Å². The monoisotopic (exact) mass is 332 g/mol. The Labute approximate surface area is 140 Å². The van der Waals surface area contributed by atoms with Crippen LogP contribution in [0.4, 0.5) is 4.39 Å². The third-order valence-corrected chi connectivity index (χ3v) is 4.23. The molecular weight excluding hydrogens is 311 g/mol. The molecule has 1 fully saturated rings. The average molecular weight is 332 g/mol. The highest BCUT2D eigenvalue weighted by atomic mass is 19.1. The molecule has 0 N–H and O–H groups in total. The maximum Gasteiger partial charge on any atom is 0.223 e. The van der Waals surface area contributed by atoms with E-state index in [0.717, 1.165) is 30.8 Å². The summed E-state index contributed by atoms with van der Waals surface area (Å²) in [5, 5.41) is 3.92. The number of halogens is 1. The Hall–Kier alpha value is -2.37. The van der Waals surface area contributed by atoms with Crippen LogP contribution in [0.5, 0.6) is 5.75 Å². The highest BCUT2D eigenvalue weighted by Crippen LogP contribution is 2.21. The maximum absolute atomic E-state index is 12.9. The van der Waals surface area contributed by atoms with Crippen LogP contribution in [0, 0.1) is 12.7 Å². The topological polar surface area (TPSA) is 55.6 Å². The number of benzene rings is 1. The molecule has 24 heavy (non-hydrogen) atoms. The van der Waals surface area contributed by atoms with Crippen molar-refractivity contribution in [1.29, 1.82) is 0 Å². The molecule has 0 spiro atoms. The van der Waals surface area contributed by atoms with Crippen molar-refractivity contribution in [1.82, 2.24) is 10.1 Å². The first-order chi connectivity index (χ1) is 11.6. The van der Waals surface area contributed by atoms with Gasteiger partial charge in [0.25, 0.3) is 0 Å². The molecule has 1 amide bonds. The summed E-state index contributed by atoms with van der Waals surface area (Å²) in [7, 11) is 0. The second kappa shape index (κ2) is 7.47. The van der Waals surface area contributed by atoms with E-state index >= 15 is 0 Å². The fraction of sp³-hybridized carbons (Fsp3) is 0.444. The molecule has 0 aliphatic carbocycles. The van der Waals surface area contributed by atoms with E-state index in [1.165, 1.54) is 12.1 Å². The number of likely N-dealkylation sites (tertiary alicyclic amines) is 1. The zero-order valence-corrected chi connectivity index (χ0v) is 13.7. The van der Waals surface area contributed by atoms with Gasteiger partial charge < -0.3 is 14.2 Å². The first-order valence-electron chi connectivity index (χ1n) is 8.22. The molecule has 1 aromatic heterocycles. The molecule has 2 heterocycles. The number of nitrogens with zero attached hydrogens (tertiary/aromatic N) is 2. The Morgan fingerprint density at radius 2 is 2.21 bits per heavy atom. The van der Waals surface area contributed by atoms with Gasteiger partial charge in [-0.15, -0.1) is 0 Å². The summed E-state index contributed by atoms with van der Waals surface area (Å²) >= 11 is 0. The van der Waals surface area contributed by atoms with Crippen molar-refractivity contribution in [3.63, 3.8) is 0 Å². The predicted octanol–water partition coefficient (Wildman–Crippen LogP) is 3.12. The number of ether oxygens (including phenoxy) is 1. The van der Waals surface area contributed by atoms with Gasteiger partial charge in [-0.05, 0) is 44.0 Å². The van der Waals surface area contributed by atoms with E-state index in [9.17, 15) is 9.18 Å². The number of hydrogen-bond donors (Lipinski definition) is 0. The normalized spacial score (nSPS) is 17.2. The molecular formula is C18H21FN2O3. The van der Waals surface area contributed by atoms with E-state index < -0.39 is 0 Å². The van der Waals surface area contributed by atoms with Gasteiger partial charge in [0.15, 0.2) is 0 Å². The standard InChI is InChI=1S/C18H21FN2O3/c1-13-11-15(20-24-13)6-9-18(22)21-10-2-3-16(21)12-23-17-7-4-14(19)5-8-17/h4-5,7-8,11,16H,2-3,6,9-10,12H2,1H3/t16-/m0/s1. The van der Waals surface area contributed by atoms with Gasteiger partial charge in [0.1, 0.15) is 23.9 Å². The van der Waals surface area contributed by atoms with Gasteiger partial charge in [-0.2, -0.15) is 0 Å². The molecule has 3 rings (SSSR count). The van der Waals surface area contributed by atoms with Gasteiger partial charge in [-0.3, -0.25) is 4.79 Å². The van der Waals surface area contributed by atoms with E-state index in [1.807, 2.05) is 17.9 Å². The molecule has 1 atom stereocenters. The van der Waals surface area contributed by atoms with Gasteiger partial charge >= 0.3 is 0 Å². The number of aromatic nitrogens is 1. The van der Waals surface area contributed by atoms with Gasteiger partial charge in [0.05, 0.1) is 11.7 Å². The van der Waals surface area contributed by atoms with Crippen molar-refractivity contribution in [2.24, 2.45) is 0 Å². The number of carbonyl (C=O) groups excluding carboxylic acids is 1. The van der Waals surface area contributed by atoms with Crippen molar-refractivity contribution in [2.45, 2.75) is 38.6 Å². The van der Waals surface area contributed by atoms with Crippen LogP contribution in [0.3, 0.4) is 0 Å². The molecule has 5 nitrogen and oxygen atoms in total.